The van der Waals surface area contributed by atoms with Crippen molar-refractivity contribution in [2.24, 2.45) is 0 Å². The molecule has 9 heteroatoms. The lowest BCUT2D eigenvalue weighted by atomic mass is 10.1. The monoisotopic (exact) mass is 433 g/mol. The highest BCUT2D eigenvalue weighted by Gasteiger charge is 2.38. The SMILES string of the molecule is CN(C)C(=O)c1ccc(-n2cc(CN[C@@H]3C[C@H]3c3ccc(F)c(F)c3)nn2)cc1.Cl. The number of halogens is 3. The molecule has 1 amide bonds. The average Bonchev–Trinajstić information content (AvgIpc) is 3.34. The van der Waals surface area contributed by atoms with Crippen molar-refractivity contribution in [2.75, 3.05) is 14.1 Å². The van der Waals surface area contributed by atoms with E-state index >= 15 is 0 Å². The third-order valence-corrected chi connectivity index (χ3v) is 5.03. The van der Waals surface area contributed by atoms with E-state index in [0.717, 1.165) is 23.4 Å². The van der Waals surface area contributed by atoms with Crippen molar-refractivity contribution < 1.29 is 13.6 Å². The summed E-state index contributed by atoms with van der Waals surface area (Å²) >= 11 is 0. The standard InChI is InChI=1S/C21H21F2N5O.ClH/c1-27(2)21(29)13-3-6-16(7-4-13)28-12-15(25-26-28)11-24-20-10-17(20)14-5-8-18(22)19(23)9-14;/h3-9,12,17,20,24H,10-11H2,1-2H3;1H/t17-,20+;/m0./s1. The summed E-state index contributed by atoms with van der Waals surface area (Å²) in [5.41, 5.74) is 3.00. The van der Waals surface area contributed by atoms with Crippen LogP contribution in [0.5, 0.6) is 0 Å². The van der Waals surface area contributed by atoms with Gasteiger partial charge in [-0.1, -0.05) is 11.3 Å². The Bertz CT molecular complexity index is 1040. The van der Waals surface area contributed by atoms with Crippen molar-refractivity contribution in [1.82, 2.24) is 25.2 Å². The zero-order valence-corrected chi connectivity index (χ0v) is 17.4. The van der Waals surface area contributed by atoms with Gasteiger partial charge in [0.25, 0.3) is 5.91 Å². The van der Waals surface area contributed by atoms with E-state index in [9.17, 15) is 13.6 Å². The van der Waals surface area contributed by atoms with E-state index < -0.39 is 11.6 Å². The molecule has 1 heterocycles. The summed E-state index contributed by atoms with van der Waals surface area (Å²) in [6, 6.07) is 11.4. The minimum atomic E-state index is -0.824. The number of hydrogen-bond donors (Lipinski definition) is 1. The Hall–Kier alpha value is -2.84. The number of carbonyl (C=O) groups is 1. The van der Waals surface area contributed by atoms with Gasteiger partial charge in [0, 0.05) is 38.2 Å². The Morgan fingerprint density at radius 1 is 1.17 bits per heavy atom. The van der Waals surface area contributed by atoms with Crippen LogP contribution in [0.15, 0.2) is 48.7 Å². The van der Waals surface area contributed by atoms with Crippen LogP contribution in [-0.2, 0) is 6.54 Å². The molecule has 30 heavy (non-hydrogen) atoms. The first-order valence-corrected chi connectivity index (χ1v) is 9.34. The maximum absolute atomic E-state index is 13.4. The van der Waals surface area contributed by atoms with Gasteiger partial charge in [0.15, 0.2) is 11.6 Å². The van der Waals surface area contributed by atoms with Crippen LogP contribution < -0.4 is 5.32 Å². The van der Waals surface area contributed by atoms with Gasteiger partial charge in [-0.2, -0.15) is 0 Å². The molecule has 2 aromatic carbocycles. The van der Waals surface area contributed by atoms with E-state index in [4.69, 9.17) is 0 Å². The molecule has 4 rings (SSSR count). The topological polar surface area (TPSA) is 63.1 Å². The molecule has 1 fully saturated rings. The van der Waals surface area contributed by atoms with Crippen LogP contribution in [0.25, 0.3) is 5.69 Å². The van der Waals surface area contributed by atoms with Crippen LogP contribution in [0.1, 0.15) is 34.0 Å². The summed E-state index contributed by atoms with van der Waals surface area (Å²) in [5.74, 6) is -1.51. The van der Waals surface area contributed by atoms with E-state index in [2.05, 4.69) is 15.6 Å². The normalized spacial score (nSPS) is 17.3. The fraction of sp³-hybridized carbons (Fsp3) is 0.286. The Kier molecular flexibility index (Phi) is 6.48. The van der Waals surface area contributed by atoms with Crippen molar-refractivity contribution in [2.45, 2.75) is 24.9 Å². The summed E-state index contributed by atoms with van der Waals surface area (Å²) in [6.07, 6.45) is 2.70. The van der Waals surface area contributed by atoms with Crippen LogP contribution >= 0.6 is 12.4 Å². The molecule has 0 spiro atoms. The second-order valence-corrected chi connectivity index (χ2v) is 7.40. The first kappa shape index (κ1) is 21.9. The number of amides is 1. The Morgan fingerprint density at radius 3 is 2.57 bits per heavy atom. The van der Waals surface area contributed by atoms with Crippen molar-refractivity contribution in [3.05, 3.63) is 77.1 Å². The molecule has 2 atom stereocenters. The molecule has 1 aromatic heterocycles. The van der Waals surface area contributed by atoms with Crippen molar-refractivity contribution in [1.29, 1.82) is 0 Å². The zero-order chi connectivity index (χ0) is 20.5. The quantitative estimate of drug-likeness (QED) is 0.647. The van der Waals surface area contributed by atoms with Gasteiger partial charge in [0.1, 0.15) is 0 Å². The number of aromatic nitrogens is 3. The van der Waals surface area contributed by atoms with E-state index in [0.29, 0.717) is 12.1 Å². The molecule has 1 saturated carbocycles. The first-order chi connectivity index (χ1) is 13.9. The Labute approximate surface area is 179 Å². The highest BCUT2D eigenvalue weighted by molar-refractivity contribution is 5.94. The van der Waals surface area contributed by atoms with E-state index in [1.54, 1.807) is 37.0 Å². The minimum absolute atomic E-state index is 0. The number of nitrogens with one attached hydrogen (secondary N) is 1. The van der Waals surface area contributed by atoms with E-state index in [1.165, 1.54) is 17.0 Å². The van der Waals surface area contributed by atoms with Crippen LogP contribution in [0.4, 0.5) is 8.78 Å². The van der Waals surface area contributed by atoms with Crippen molar-refractivity contribution in [3.8, 4) is 5.69 Å². The second kappa shape index (κ2) is 8.89. The molecular weight excluding hydrogens is 412 g/mol. The smallest absolute Gasteiger partial charge is 0.253 e. The predicted molar refractivity (Wildman–Crippen MR) is 111 cm³/mol. The van der Waals surface area contributed by atoms with Crippen LogP contribution in [0.2, 0.25) is 0 Å². The number of hydrogen-bond acceptors (Lipinski definition) is 4. The molecule has 1 aliphatic rings. The highest BCUT2D eigenvalue weighted by Crippen LogP contribution is 2.41. The molecule has 0 aliphatic heterocycles. The van der Waals surface area contributed by atoms with E-state index in [-0.39, 0.29) is 30.3 Å². The molecule has 158 valence electrons. The lowest BCUT2D eigenvalue weighted by Crippen LogP contribution is -2.21. The summed E-state index contributed by atoms with van der Waals surface area (Å²) in [6.45, 7) is 0.530. The van der Waals surface area contributed by atoms with Crippen molar-refractivity contribution in [3.63, 3.8) is 0 Å². The number of rotatable bonds is 6. The molecule has 0 bridgehead atoms. The molecule has 1 aliphatic carbocycles. The third kappa shape index (κ3) is 4.66. The van der Waals surface area contributed by atoms with Gasteiger partial charge >= 0.3 is 0 Å². The van der Waals surface area contributed by atoms with Crippen molar-refractivity contribution >= 4 is 18.3 Å². The Morgan fingerprint density at radius 2 is 1.90 bits per heavy atom. The largest absolute Gasteiger partial charge is 0.345 e. The van der Waals surface area contributed by atoms with Crippen LogP contribution in [-0.4, -0.2) is 45.9 Å². The lowest BCUT2D eigenvalue weighted by Gasteiger charge is -2.10. The molecule has 0 radical (unpaired) electrons. The van der Waals surface area contributed by atoms with Crippen LogP contribution in [0, 0.1) is 11.6 Å². The minimum Gasteiger partial charge on any atom is -0.345 e. The summed E-state index contributed by atoms with van der Waals surface area (Å²) in [5, 5.41) is 11.7. The maximum Gasteiger partial charge on any atom is 0.253 e. The third-order valence-electron chi connectivity index (χ3n) is 5.03. The maximum atomic E-state index is 13.4. The molecule has 1 N–H and O–H groups in total. The molecule has 6 nitrogen and oxygen atoms in total. The first-order valence-electron chi connectivity index (χ1n) is 9.34. The summed E-state index contributed by atoms with van der Waals surface area (Å²) in [4.78, 5) is 13.5. The summed E-state index contributed by atoms with van der Waals surface area (Å²) < 4.78 is 28.1. The predicted octanol–water partition coefficient (Wildman–Crippen LogP) is 3.31. The fourth-order valence-electron chi connectivity index (χ4n) is 3.29. The second-order valence-electron chi connectivity index (χ2n) is 7.40. The average molecular weight is 434 g/mol. The highest BCUT2D eigenvalue weighted by atomic mass is 35.5. The summed E-state index contributed by atoms with van der Waals surface area (Å²) in [7, 11) is 3.42. The zero-order valence-electron chi connectivity index (χ0n) is 16.5. The van der Waals surface area contributed by atoms with E-state index in [1.807, 2.05) is 18.3 Å². The van der Waals surface area contributed by atoms with Gasteiger partial charge in [0.05, 0.1) is 17.6 Å². The van der Waals surface area contributed by atoms with Gasteiger partial charge in [-0.3, -0.25) is 4.79 Å². The molecule has 0 unspecified atom stereocenters. The van der Waals surface area contributed by atoms with Gasteiger partial charge in [-0.05, 0) is 48.4 Å². The number of nitrogens with zero attached hydrogens (tertiary/aromatic N) is 4. The molecule has 0 saturated heterocycles. The van der Waals surface area contributed by atoms with Gasteiger partial charge < -0.3 is 10.2 Å². The lowest BCUT2D eigenvalue weighted by molar-refractivity contribution is 0.0827. The molecule has 3 aromatic rings. The Balaban J connectivity index is 0.00000256. The van der Waals surface area contributed by atoms with Gasteiger partial charge in [-0.25, -0.2) is 13.5 Å². The molecular formula is C21H22ClF2N5O. The fourth-order valence-corrected chi connectivity index (χ4v) is 3.29. The number of carbonyl (C=O) groups excluding carboxylic acids is 1. The number of benzene rings is 2. The van der Waals surface area contributed by atoms with Gasteiger partial charge in [-0.15, -0.1) is 17.5 Å². The van der Waals surface area contributed by atoms with Crippen LogP contribution in [0.3, 0.4) is 0 Å². The van der Waals surface area contributed by atoms with Gasteiger partial charge in [0.2, 0.25) is 0 Å².